The van der Waals surface area contributed by atoms with Gasteiger partial charge in [0, 0.05) is 18.7 Å². The van der Waals surface area contributed by atoms with E-state index in [1.807, 2.05) is 13.0 Å². The first-order valence-electron chi connectivity index (χ1n) is 4.82. The van der Waals surface area contributed by atoms with Crippen molar-refractivity contribution in [1.82, 2.24) is 9.97 Å². The molecule has 0 unspecified atom stereocenters. The molecular formula is C11H13N3S. The Balaban J connectivity index is 2.24. The third-order valence-electron chi connectivity index (χ3n) is 2.12. The summed E-state index contributed by atoms with van der Waals surface area (Å²) >= 11 is 1.70. The van der Waals surface area contributed by atoms with Crippen LogP contribution in [0.4, 0.5) is 0 Å². The second-order valence-electron chi connectivity index (χ2n) is 3.41. The molecule has 0 fully saturated rings. The van der Waals surface area contributed by atoms with Gasteiger partial charge in [0.25, 0.3) is 0 Å². The fourth-order valence-corrected chi connectivity index (χ4v) is 2.16. The van der Waals surface area contributed by atoms with Gasteiger partial charge in [-0.2, -0.15) is 11.3 Å². The van der Waals surface area contributed by atoms with Gasteiger partial charge in [-0.1, -0.05) is 0 Å². The van der Waals surface area contributed by atoms with Crippen LogP contribution in [0.1, 0.15) is 22.8 Å². The highest BCUT2D eigenvalue weighted by atomic mass is 32.1. The molecule has 2 aromatic heterocycles. The summed E-state index contributed by atoms with van der Waals surface area (Å²) in [7, 11) is 0. The number of rotatable bonds is 3. The van der Waals surface area contributed by atoms with Crippen LogP contribution in [0.2, 0.25) is 0 Å². The van der Waals surface area contributed by atoms with Gasteiger partial charge < -0.3 is 5.73 Å². The minimum absolute atomic E-state index is 0.472. The normalized spacial score (nSPS) is 10.5. The maximum absolute atomic E-state index is 5.57. The van der Waals surface area contributed by atoms with E-state index < -0.39 is 0 Å². The van der Waals surface area contributed by atoms with Gasteiger partial charge in [-0.25, -0.2) is 9.97 Å². The van der Waals surface area contributed by atoms with Crippen LogP contribution in [0.25, 0.3) is 0 Å². The molecule has 0 amide bonds. The Morgan fingerprint density at radius 2 is 2.13 bits per heavy atom. The predicted octanol–water partition coefficient (Wildman–Crippen LogP) is 1.90. The lowest BCUT2D eigenvalue weighted by molar-refractivity contribution is 0.890. The molecule has 0 saturated heterocycles. The van der Waals surface area contributed by atoms with Crippen molar-refractivity contribution in [2.24, 2.45) is 5.73 Å². The Labute approximate surface area is 93.0 Å². The van der Waals surface area contributed by atoms with E-state index in [4.69, 9.17) is 5.73 Å². The van der Waals surface area contributed by atoms with Crippen LogP contribution in [-0.2, 0) is 13.0 Å². The van der Waals surface area contributed by atoms with Gasteiger partial charge >= 0.3 is 0 Å². The van der Waals surface area contributed by atoms with Crippen molar-refractivity contribution < 1.29 is 0 Å². The second kappa shape index (κ2) is 4.51. The number of thiophene rings is 1. The highest BCUT2D eigenvalue weighted by Gasteiger charge is 2.02. The van der Waals surface area contributed by atoms with E-state index in [1.54, 1.807) is 11.3 Å². The maximum Gasteiger partial charge on any atom is 0.125 e. The van der Waals surface area contributed by atoms with E-state index in [0.717, 1.165) is 23.6 Å². The zero-order chi connectivity index (χ0) is 10.7. The Morgan fingerprint density at radius 3 is 2.80 bits per heavy atom. The molecule has 2 heterocycles. The lowest BCUT2D eigenvalue weighted by atomic mass is 10.1. The SMILES string of the molecule is Cc1nc(CN)cc(Cc2ccsc2)n1. The molecule has 0 saturated carbocycles. The molecule has 0 atom stereocenters. The van der Waals surface area contributed by atoms with Gasteiger partial charge in [-0.3, -0.25) is 0 Å². The molecule has 0 aromatic carbocycles. The van der Waals surface area contributed by atoms with Gasteiger partial charge in [0.1, 0.15) is 5.82 Å². The molecule has 0 bridgehead atoms. The minimum Gasteiger partial charge on any atom is -0.325 e. The van der Waals surface area contributed by atoms with Crippen molar-refractivity contribution in [3.05, 3.63) is 45.7 Å². The van der Waals surface area contributed by atoms with Crippen LogP contribution in [0.15, 0.2) is 22.9 Å². The molecule has 0 aliphatic heterocycles. The number of nitrogens with two attached hydrogens (primary N) is 1. The first-order chi connectivity index (χ1) is 7.28. The van der Waals surface area contributed by atoms with Gasteiger partial charge in [0.2, 0.25) is 0 Å². The molecule has 0 aliphatic carbocycles. The van der Waals surface area contributed by atoms with E-state index >= 15 is 0 Å². The fourth-order valence-electron chi connectivity index (χ4n) is 1.50. The number of hydrogen-bond acceptors (Lipinski definition) is 4. The standard InChI is InChI=1S/C11H13N3S/c1-8-13-10(5-11(6-12)14-8)4-9-2-3-15-7-9/h2-3,5,7H,4,6,12H2,1H3. The summed E-state index contributed by atoms with van der Waals surface area (Å²) in [5, 5.41) is 4.22. The molecule has 0 radical (unpaired) electrons. The van der Waals surface area contributed by atoms with E-state index in [9.17, 15) is 0 Å². The van der Waals surface area contributed by atoms with Crippen molar-refractivity contribution in [3.8, 4) is 0 Å². The highest BCUT2D eigenvalue weighted by molar-refractivity contribution is 7.07. The zero-order valence-electron chi connectivity index (χ0n) is 8.60. The van der Waals surface area contributed by atoms with Crippen molar-refractivity contribution in [1.29, 1.82) is 0 Å². The molecule has 0 aliphatic rings. The number of aryl methyl sites for hydroxylation is 1. The van der Waals surface area contributed by atoms with Gasteiger partial charge in [-0.05, 0) is 35.4 Å². The van der Waals surface area contributed by atoms with Crippen LogP contribution in [0, 0.1) is 6.92 Å². The molecule has 2 aromatic rings. The summed E-state index contributed by atoms with van der Waals surface area (Å²) in [6, 6.07) is 4.09. The quantitative estimate of drug-likeness (QED) is 0.857. The summed E-state index contributed by atoms with van der Waals surface area (Å²) in [5.74, 6) is 0.795. The summed E-state index contributed by atoms with van der Waals surface area (Å²) in [5.41, 5.74) is 8.82. The second-order valence-corrected chi connectivity index (χ2v) is 4.19. The summed E-state index contributed by atoms with van der Waals surface area (Å²) < 4.78 is 0. The molecule has 15 heavy (non-hydrogen) atoms. The van der Waals surface area contributed by atoms with Gasteiger partial charge in [0.05, 0.1) is 5.69 Å². The van der Waals surface area contributed by atoms with Crippen molar-refractivity contribution in [3.63, 3.8) is 0 Å². The monoisotopic (exact) mass is 219 g/mol. The highest BCUT2D eigenvalue weighted by Crippen LogP contribution is 2.12. The Hall–Kier alpha value is -1.26. The van der Waals surface area contributed by atoms with Crippen molar-refractivity contribution in [2.45, 2.75) is 19.9 Å². The molecule has 0 spiro atoms. The largest absolute Gasteiger partial charge is 0.325 e. The first-order valence-corrected chi connectivity index (χ1v) is 5.77. The molecular weight excluding hydrogens is 206 g/mol. The van der Waals surface area contributed by atoms with Crippen LogP contribution < -0.4 is 5.73 Å². The maximum atomic E-state index is 5.57. The fraction of sp³-hybridized carbons (Fsp3) is 0.273. The third kappa shape index (κ3) is 2.61. The predicted molar refractivity (Wildman–Crippen MR) is 61.8 cm³/mol. The van der Waals surface area contributed by atoms with Gasteiger partial charge in [0.15, 0.2) is 0 Å². The van der Waals surface area contributed by atoms with Crippen molar-refractivity contribution >= 4 is 11.3 Å². The van der Waals surface area contributed by atoms with Crippen LogP contribution >= 0.6 is 11.3 Å². The minimum atomic E-state index is 0.472. The average molecular weight is 219 g/mol. The van der Waals surface area contributed by atoms with E-state index in [2.05, 4.69) is 26.8 Å². The van der Waals surface area contributed by atoms with E-state index in [-0.39, 0.29) is 0 Å². The Bertz CT molecular complexity index is 437. The molecule has 4 heteroatoms. The summed E-state index contributed by atoms with van der Waals surface area (Å²) in [6.45, 7) is 2.37. The Morgan fingerprint density at radius 1 is 1.33 bits per heavy atom. The van der Waals surface area contributed by atoms with Crippen LogP contribution in [0.3, 0.4) is 0 Å². The molecule has 2 N–H and O–H groups in total. The average Bonchev–Trinajstić information content (AvgIpc) is 2.69. The summed E-state index contributed by atoms with van der Waals surface area (Å²) in [4.78, 5) is 8.64. The van der Waals surface area contributed by atoms with Crippen LogP contribution in [0.5, 0.6) is 0 Å². The lowest BCUT2D eigenvalue weighted by Crippen LogP contribution is -2.05. The van der Waals surface area contributed by atoms with Crippen molar-refractivity contribution in [2.75, 3.05) is 0 Å². The molecule has 78 valence electrons. The topological polar surface area (TPSA) is 51.8 Å². The first kappa shape index (κ1) is 10.3. The number of hydrogen-bond donors (Lipinski definition) is 1. The molecule has 3 nitrogen and oxygen atoms in total. The smallest absolute Gasteiger partial charge is 0.125 e. The lowest BCUT2D eigenvalue weighted by Gasteiger charge is -2.03. The zero-order valence-corrected chi connectivity index (χ0v) is 9.42. The number of nitrogens with zero attached hydrogens (tertiary/aromatic N) is 2. The number of aromatic nitrogens is 2. The third-order valence-corrected chi connectivity index (χ3v) is 2.85. The summed E-state index contributed by atoms with van der Waals surface area (Å²) in [6.07, 6.45) is 0.861. The van der Waals surface area contributed by atoms with Gasteiger partial charge in [-0.15, -0.1) is 0 Å². The Kier molecular flexibility index (Phi) is 3.08. The van der Waals surface area contributed by atoms with Crippen LogP contribution in [-0.4, -0.2) is 9.97 Å². The van der Waals surface area contributed by atoms with E-state index in [1.165, 1.54) is 5.56 Å². The molecule has 2 rings (SSSR count). The van der Waals surface area contributed by atoms with E-state index in [0.29, 0.717) is 6.54 Å².